The summed E-state index contributed by atoms with van der Waals surface area (Å²) in [4.78, 5) is 6.76. The number of nitrogens with zero attached hydrogens (tertiary/aromatic N) is 2. The molecule has 1 saturated heterocycles. The molecule has 0 saturated carbocycles. The molecule has 4 heteroatoms. The van der Waals surface area contributed by atoms with Crippen LogP contribution in [0.15, 0.2) is 24.4 Å². The monoisotopic (exact) mass is 320 g/mol. The Morgan fingerprint density at radius 2 is 2.10 bits per heavy atom. The largest absolute Gasteiger partial charge is 0.370 e. The molecule has 0 atom stereocenters. The number of benzene rings is 1. The summed E-state index contributed by atoms with van der Waals surface area (Å²) in [7, 11) is 0. The number of anilines is 1. The number of rotatable bonds is 4. The number of fused-ring (bicyclic) bond motifs is 1. The Bertz CT molecular complexity index is 651. The summed E-state index contributed by atoms with van der Waals surface area (Å²) in [6.45, 7) is 6.75. The fraction of sp³-hybridized carbons (Fsp3) is 0.471. The number of hydrogen-bond donors (Lipinski definition) is 0. The Morgan fingerprint density at radius 1 is 1.33 bits per heavy atom. The van der Waals surface area contributed by atoms with Crippen LogP contribution in [0, 0.1) is 5.92 Å². The molecular weight excluding hydrogens is 300 g/mol. The molecule has 0 N–H and O–H groups in total. The molecule has 0 bridgehead atoms. The van der Waals surface area contributed by atoms with Crippen LogP contribution in [0.5, 0.6) is 0 Å². The third-order valence-electron chi connectivity index (χ3n) is 4.20. The zero-order chi connectivity index (χ0) is 15.0. The van der Waals surface area contributed by atoms with Crippen molar-refractivity contribution in [1.82, 2.24) is 4.98 Å². The molecule has 0 spiro atoms. The minimum atomic E-state index is 0.487. The number of aromatic nitrogens is 1. The fourth-order valence-electron chi connectivity index (χ4n) is 3.11. The van der Waals surface area contributed by atoms with Gasteiger partial charge in [-0.25, -0.2) is 4.98 Å². The number of pyridine rings is 1. The summed E-state index contributed by atoms with van der Waals surface area (Å²) < 4.78 is 0. The first-order chi connectivity index (χ1) is 10.1. The lowest BCUT2D eigenvalue weighted by Gasteiger charge is -2.41. The maximum absolute atomic E-state index is 6.11. The van der Waals surface area contributed by atoms with Crippen LogP contribution >= 0.6 is 23.4 Å². The lowest BCUT2D eigenvalue weighted by atomic mass is 9.94. The molecule has 1 aromatic carbocycles. The average molecular weight is 321 g/mol. The van der Waals surface area contributed by atoms with Gasteiger partial charge in [0.05, 0.1) is 0 Å². The van der Waals surface area contributed by atoms with Gasteiger partial charge in [0.15, 0.2) is 0 Å². The smallest absolute Gasteiger partial charge is 0.129 e. The van der Waals surface area contributed by atoms with Crippen molar-refractivity contribution in [3.63, 3.8) is 0 Å². The minimum Gasteiger partial charge on any atom is -0.370 e. The predicted octanol–water partition coefficient (Wildman–Crippen LogP) is 4.81. The Balaban J connectivity index is 1.99. The van der Waals surface area contributed by atoms with E-state index in [-0.39, 0.29) is 0 Å². The molecule has 2 nitrogen and oxygen atoms in total. The summed E-state index contributed by atoms with van der Waals surface area (Å²) in [5, 5.41) is 3.05. The lowest BCUT2D eigenvalue weighted by Crippen LogP contribution is -2.48. The minimum absolute atomic E-state index is 0.487. The van der Waals surface area contributed by atoms with E-state index in [9.17, 15) is 0 Å². The second-order valence-electron chi connectivity index (χ2n) is 6.11. The van der Waals surface area contributed by atoms with Gasteiger partial charge in [-0.05, 0) is 41.0 Å². The van der Waals surface area contributed by atoms with Crippen molar-refractivity contribution in [3.8, 4) is 0 Å². The van der Waals surface area contributed by atoms with E-state index in [2.05, 4.69) is 42.1 Å². The van der Waals surface area contributed by atoms with E-state index in [1.165, 1.54) is 27.8 Å². The average Bonchev–Trinajstić information content (AvgIpc) is 2.41. The zero-order valence-electron chi connectivity index (χ0n) is 12.8. The van der Waals surface area contributed by atoms with Crippen molar-refractivity contribution in [2.45, 2.75) is 19.8 Å². The third kappa shape index (κ3) is 2.86. The summed E-state index contributed by atoms with van der Waals surface area (Å²) in [5.74, 6) is 2.56. The van der Waals surface area contributed by atoms with Gasteiger partial charge in [0.1, 0.15) is 5.15 Å². The standard InChI is InChI=1S/C17H21ClN2S/c1-11(2)13-4-5-16(20-8-12(9-20)10-21-3)15-7-19-17(18)6-14(13)15/h4-7,11-12H,8-10H2,1-3H3. The highest BCUT2D eigenvalue weighted by atomic mass is 35.5. The van der Waals surface area contributed by atoms with Crippen molar-refractivity contribution < 1.29 is 0 Å². The van der Waals surface area contributed by atoms with E-state index >= 15 is 0 Å². The van der Waals surface area contributed by atoms with Crippen LogP contribution in [0.4, 0.5) is 5.69 Å². The van der Waals surface area contributed by atoms with E-state index in [4.69, 9.17) is 11.6 Å². The van der Waals surface area contributed by atoms with E-state index in [1.54, 1.807) is 0 Å². The second-order valence-corrected chi connectivity index (χ2v) is 7.41. The molecule has 1 aromatic heterocycles. The number of halogens is 1. The molecule has 0 amide bonds. The van der Waals surface area contributed by atoms with Gasteiger partial charge < -0.3 is 4.90 Å². The maximum Gasteiger partial charge on any atom is 0.129 e. The third-order valence-corrected chi connectivity index (χ3v) is 5.21. The van der Waals surface area contributed by atoms with Gasteiger partial charge >= 0.3 is 0 Å². The van der Waals surface area contributed by atoms with E-state index in [1.807, 2.05) is 24.0 Å². The molecule has 2 aromatic rings. The first kappa shape index (κ1) is 15.0. The van der Waals surface area contributed by atoms with Gasteiger partial charge in [0.2, 0.25) is 0 Å². The van der Waals surface area contributed by atoms with Crippen LogP contribution in [0.1, 0.15) is 25.3 Å². The van der Waals surface area contributed by atoms with Crippen molar-refractivity contribution in [2.75, 3.05) is 30.0 Å². The molecule has 112 valence electrons. The van der Waals surface area contributed by atoms with Crippen LogP contribution in [0.3, 0.4) is 0 Å². The number of hydrogen-bond acceptors (Lipinski definition) is 3. The van der Waals surface area contributed by atoms with Crippen LogP contribution in [-0.2, 0) is 0 Å². The molecule has 0 radical (unpaired) electrons. The van der Waals surface area contributed by atoms with Crippen molar-refractivity contribution in [1.29, 1.82) is 0 Å². The topological polar surface area (TPSA) is 16.1 Å². The van der Waals surface area contributed by atoms with Crippen molar-refractivity contribution >= 4 is 39.8 Å². The summed E-state index contributed by atoms with van der Waals surface area (Å²) in [5.41, 5.74) is 2.65. The van der Waals surface area contributed by atoms with Crippen LogP contribution in [0.25, 0.3) is 10.8 Å². The van der Waals surface area contributed by atoms with Crippen LogP contribution in [-0.4, -0.2) is 30.1 Å². The SMILES string of the molecule is CSCC1CN(c2ccc(C(C)C)c3cc(Cl)ncc23)C1. The van der Waals surface area contributed by atoms with Gasteiger partial charge in [0.25, 0.3) is 0 Å². The van der Waals surface area contributed by atoms with Gasteiger partial charge in [-0.3, -0.25) is 0 Å². The Hall–Kier alpha value is -0.930. The van der Waals surface area contributed by atoms with Crippen LogP contribution < -0.4 is 4.90 Å². The summed E-state index contributed by atoms with van der Waals surface area (Å²) in [6.07, 6.45) is 4.11. The zero-order valence-corrected chi connectivity index (χ0v) is 14.3. The maximum atomic E-state index is 6.11. The number of thioether (sulfide) groups is 1. The quantitative estimate of drug-likeness (QED) is 0.752. The van der Waals surface area contributed by atoms with Crippen molar-refractivity contribution in [2.24, 2.45) is 5.92 Å². The van der Waals surface area contributed by atoms with E-state index < -0.39 is 0 Å². The first-order valence-electron chi connectivity index (χ1n) is 7.42. The van der Waals surface area contributed by atoms with Crippen LogP contribution in [0.2, 0.25) is 5.15 Å². The van der Waals surface area contributed by atoms with E-state index in [0.717, 1.165) is 19.0 Å². The predicted molar refractivity (Wildman–Crippen MR) is 94.9 cm³/mol. The van der Waals surface area contributed by atoms with Gasteiger partial charge in [-0.2, -0.15) is 11.8 Å². The summed E-state index contributed by atoms with van der Waals surface area (Å²) in [6, 6.07) is 6.51. The second kappa shape index (κ2) is 6.05. The highest BCUT2D eigenvalue weighted by Gasteiger charge is 2.27. The molecule has 3 rings (SSSR count). The van der Waals surface area contributed by atoms with E-state index in [0.29, 0.717) is 11.1 Å². The van der Waals surface area contributed by atoms with Gasteiger partial charge in [-0.1, -0.05) is 31.5 Å². The van der Waals surface area contributed by atoms with Gasteiger partial charge in [-0.15, -0.1) is 0 Å². The Kier molecular flexibility index (Phi) is 4.32. The molecular formula is C17H21ClN2S. The Morgan fingerprint density at radius 3 is 2.76 bits per heavy atom. The normalized spacial score (nSPS) is 15.8. The molecule has 1 fully saturated rings. The molecule has 1 aliphatic rings. The molecule has 2 heterocycles. The van der Waals surface area contributed by atoms with Crippen molar-refractivity contribution in [3.05, 3.63) is 35.1 Å². The Labute approximate surface area is 135 Å². The highest BCUT2D eigenvalue weighted by molar-refractivity contribution is 7.98. The fourth-order valence-corrected chi connectivity index (χ4v) is 3.95. The molecule has 1 aliphatic heterocycles. The summed E-state index contributed by atoms with van der Waals surface area (Å²) >= 11 is 8.05. The van der Waals surface area contributed by atoms with Gasteiger partial charge in [0, 0.05) is 36.3 Å². The molecule has 0 aliphatic carbocycles. The first-order valence-corrected chi connectivity index (χ1v) is 9.19. The molecule has 21 heavy (non-hydrogen) atoms. The molecule has 0 unspecified atom stereocenters. The highest BCUT2D eigenvalue weighted by Crippen LogP contribution is 2.36. The lowest BCUT2D eigenvalue weighted by molar-refractivity contribution is 0.456.